The van der Waals surface area contributed by atoms with Gasteiger partial charge in [-0.3, -0.25) is 0 Å². The summed E-state index contributed by atoms with van der Waals surface area (Å²) >= 11 is 5.71. The van der Waals surface area contributed by atoms with Gasteiger partial charge in [0.05, 0.1) is 0 Å². The van der Waals surface area contributed by atoms with E-state index in [-0.39, 0.29) is 0 Å². The normalized spacial score (nSPS) is 29.1. The molecule has 1 aliphatic rings. The molecule has 0 bridgehead atoms. The topological polar surface area (TPSA) is 0 Å². The Morgan fingerprint density at radius 1 is 1.38 bits per heavy atom. The zero-order valence-corrected chi connectivity index (χ0v) is 10.3. The minimum Gasteiger partial charge on any atom is -0.145 e. The van der Waals surface area contributed by atoms with Crippen molar-refractivity contribution in [2.45, 2.75) is 43.4 Å². The molecular weight excluding hydrogens is 244 g/mol. The highest BCUT2D eigenvalue weighted by molar-refractivity contribution is 9.09. The second kappa shape index (κ2) is 4.14. The minimum atomic E-state index is 0.758. The fourth-order valence-electron chi connectivity index (χ4n) is 2.06. The number of aryl methyl sites for hydroxylation is 1. The number of halogens is 1. The molecule has 1 saturated carbocycles. The summed E-state index contributed by atoms with van der Waals surface area (Å²) in [6.45, 7) is 2.20. The lowest BCUT2D eigenvalue weighted by Gasteiger charge is -2.24. The van der Waals surface area contributed by atoms with E-state index in [0.717, 1.165) is 10.7 Å². The van der Waals surface area contributed by atoms with Gasteiger partial charge in [0.25, 0.3) is 0 Å². The summed E-state index contributed by atoms with van der Waals surface area (Å²) in [4.78, 5) is 3.81. The quantitative estimate of drug-likeness (QED) is 0.652. The first-order valence-electron chi connectivity index (χ1n) is 4.96. The highest BCUT2D eigenvalue weighted by Gasteiger charge is 2.22. The summed E-state index contributed by atoms with van der Waals surface area (Å²) in [6.07, 6.45) is 5.47. The highest BCUT2D eigenvalue weighted by Crippen LogP contribution is 2.38. The SMILES string of the molecule is Cc1ccc(C2CCCC(Br)C2)s1. The third-order valence-electron chi connectivity index (χ3n) is 2.77. The van der Waals surface area contributed by atoms with Crippen molar-refractivity contribution < 1.29 is 0 Å². The molecule has 1 aromatic heterocycles. The van der Waals surface area contributed by atoms with E-state index in [2.05, 4.69) is 35.0 Å². The molecule has 0 saturated heterocycles. The molecule has 0 spiro atoms. The minimum absolute atomic E-state index is 0.758. The summed E-state index contributed by atoms with van der Waals surface area (Å²) in [5, 5.41) is 0. The van der Waals surface area contributed by atoms with Gasteiger partial charge in [0.1, 0.15) is 0 Å². The monoisotopic (exact) mass is 258 g/mol. The van der Waals surface area contributed by atoms with E-state index in [4.69, 9.17) is 0 Å². The third-order valence-corrected chi connectivity index (χ3v) is 4.77. The first-order valence-corrected chi connectivity index (χ1v) is 6.69. The standard InChI is InChI=1S/C11H15BrS/c1-8-5-6-11(13-8)9-3-2-4-10(12)7-9/h5-6,9-10H,2-4,7H2,1H3. The number of hydrogen-bond donors (Lipinski definition) is 0. The smallest absolute Gasteiger partial charge is 0.0151 e. The molecule has 0 aliphatic heterocycles. The fourth-order valence-corrected chi connectivity index (χ4v) is 3.86. The average Bonchev–Trinajstić information content (AvgIpc) is 2.52. The van der Waals surface area contributed by atoms with E-state index in [1.165, 1.54) is 30.6 Å². The van der Waals surface area contributed by atoms with Crippen molar-refractivity contribution in [2.75, 3.05) is 0 Å². The Hall–Kier alpha value is 0.180. The van der Waals surface area contributed by atoms with E-state index in [9.17, 15) is 0 Å². The summed E-state index contributed by atoms with van der Waals surface area (Å²) in [6, 6.07) is 4.56. The van der Waals surface area contributed by atoms with Gasteiger partial charge in [0, 0.05) is 14.6 Å². The maximum Gasteiger partial charge on any atom is 0.0151 e. The van der Waals surface area contributed by atoms with Crippen LogP contribution in [0.15, 0.2) is 12.1 Å². The molecule has 13 heavy (non-hydrogen) atoms. The lowest BCUT2D eigenvalue weighted by atomic mass is 9.88. The summed E-state index contributed by atoms with van der Waals surface area (Å²) < 4.78 is 0. The van der Waals surface area contributed by atoms with Crippen molar-refractivity contribution in [3.8, 4) is 0 Å². The van der Waals surface area contributed by atoms with E-state index >= 15 is 0 Å². The van der Waals surface area contributed by atoms with Gasteiger partial charge in [-0.15, -0.1) is 11.3 Å². The van der Waals surface area contributed by atoms with Crippen LogP contribution < -0.4 is 0 Å². The molecule has 0 aromatic carbocycles. The average molecular weight is 259 g/mol. The van der Waals surface area contributed by atoms with Gasteiger partial charge < -0.3 is 0 Å². The van der Waals surface area contributed by atoms with Crippen LogP contribution in [0, 0.1) is 6.92 Å². The van der Waals surface area contributed by atoms with Gasteiger partial charge in [0.2, 0.25) is 0 Å². The van der Waals surface area contributed by atoms with E-state index < -0.39 is 0 Å². The van der Waals surface area contributed by atoms with Crippen molar-refractivity contribution in [2.24, 2.45) is 0 Å². The molecule has 1 aliphatic carbocycles. The Morgan fingerprint density at radius 2 is 2.23 bits per heavy atom. The van der Waals surface area contributed by atoms with Crippen molar-refractivity contribution in [1.82, 2.24) is 0 Å². The van der Waals surface area contributed by atoms with Crippen molar-refractivity contribution in [3.63, 3.8) is 0 Å². The Labute approximate surface area is 92.5 Å². The van der Waals surface area contributed by atoms with Crippen LogP contribution in [0.5, 0.6) is 0 Å². The molecule has 2 heteroatoms. The maximum atomic E-state index is 3.74. The molecule has 1 heterocycles. The molecule has 0 radical (unpaired) electrons. The van der Waals surface area contributed by atoms with Crippen LogP contribution >= 0.6 is 27.3 Å². The Bertz CT molecular complexity index is 279. The number of thiophene rings is 1. The van der Waals surface area contributed by atoms with Gasteiger partial charge in [-0.05, 0) is 44.2 Å². The Morgan fingerprint density at radius 3 is 2.85 bits per heavy atom. The van der Waals surface area contributed by atoms with Crippen LogP contribution in [0.2, 0.25) is 0 Å². The summed E-state index contributed by atoms with van der Waals surface area (Å²) in [5.74, 6) is 0.830. The fraction of sp³-hybridized carbons (Fsp3) is 0.636. The van der Waals surface area contributed by atoms with E-state index in [1.807, 2.05) is 11.3 Å². The Kier molecular flexibility index (Phi) is 3.10. The predicted octanol–water partition coefficient (Wildman–Crippen LogP) is 4.48. The number of hydrogen-bond acceptors (Lipinski definition) is 1. The second-order valence-corrected chi connectivity index (χ2v) is 6.52. The molecule has 0 N–H and O–H groups in total. The van der Waals surface area contributed by atoms with Gasteiger partial charge >= 0.3 is 0 Å². The number of alkyl halides is 1. The van der Waals surface area contributed by atoms with Gasteiger partial charge in [0.15, 0.2) is 0 Å². The largest absolute Gasteiger partial charge is 0.145 e. The molecule has 1 fully saturated rings. The van der Waals surface area contributed by atoms with Crippen LogP contribution in [0.1, 0.15) is 41.4 Å². The van der Waals surface area contributed by atoms with Crippen molar-refractivity contribution in [1.29, 1.82) is 0 Å². The molecule has 0 amide bonds. The van der Waals surface area contributed by atoms with Crippen LogP contribution in [0.4, 0.5) is 0 Å². The van der Waals surface area contributed by atoms with Crippen molar-refractivity contribution in [3.05, 3.63) is 21.9 Å². The maximum absolute atomic E-state index is 3.74. The zero-order chi connectivity index (χ0) is 9.26. The molecule has 0 nitrogen and oxygen atoms in total. The number of rotatable bonds is 1. The molecule has 2 atom stereocenters. The zero-order valence-electron chi connectivity index (χ0n) is 7.92. The molecule has 2 unspecified atom stereocenters. The van der Waals surface area contributed by atoms with Crippen LogP contribution in [-0.4, -0.2) is 4.83 Å². The highest BCUT2D eigenvalue weighted by atomic mass is 79.9. The molecular formula is C11H15BrS. The van der Waals surface area contributed by atoms with Gasteiger partial charge in [-0.25, -0.2) is 0 Å². The van der Waals surface area contributed by atoms with Gasteiger partial charge in [-0.2, -0.15) is 0 Å². The second-order valence-electron chi connectivity index (χ2n) is 3.91. The van der Waals surface area contributed by atoms with Crippen LogP contribution in [0.3, 0.4) is 0 Å². The lowest BCUT2D eigenvalue weighted by Crippen LogP contribution is -2.12. The summed E-state index contributed by atoms with van der Waals surface area (Å²) in [7, 11) is 0. The van der Waals surface area contributed by atoms with Crippen LogP contribution in [-0.2, 0) is 0 Å². The van der Waals surface area contributed by atoms with Crippen molar-refractivity contribution >= 4 is 27.3 Å². The van der Waals surface area contributed by atoms with E-state index in [0.29, 0.717) is 0 Å². The molecule has 2 rings (SSSR count). The first kappa shape index (κ1) is 9.72. The predicted molar refractivity (Wildman–Crippen MR) is 63.0 cm³/mol. The Balaban J connectivity index is 2.08. The lowest BCUT2D eigenvalue weighted by molar-refractivity contribution is 0.463. The molecule has 1 aromatic rings. The first-order chi connectivity index (χ1) is 6.25. The van der Waals surface area contributed by atoms with Crippen LogP contribution in [0.25, 0.3) is 0 Å². The van der Waals surface area contributed by atoms with E-state index in [1.54, 1.807) is 4.88 Å². The molecule has 72 valence electrons. The third kappa shape index (κ3) is 2.35. The summed E-state index contributed by atoms with van der Waals surface area (Å²) in [5.41, 5.74) is 0. The van der Waals surface area contributed by atoms with Gasteiger partial charge in [-0.1, -0.05) is 22.4 Å².